The van der Waals surface area contributed by atoms with Crippen molar-refractivity contribution in [3.63, 3.8) is 0 Å². The minimum absolute atomic E-state index is 0.0171. The number of rotatable bonds is 7. The van der Waals surface area contributed by atoms with Gasteiger partial charge >= 0.3 is 5.97 Å². The number of aryl methyl sites for hydroxylation is 2. The summed E-state index contributed by atoms with van der Waals surface area (Å²) in [5.74, 6) is -0.346. The van der Waals surface area contributed by atoms with E-state index in [0.717, 1.165) is 16.7 Å². The quantitative estimate of drug-likeness (QED) is 0.446. The van der Waals surface area contributed by atoms with E-state index in [2.05, 4.69) is 5.32 Å². The summed E-state index contributed by atoms with van der Waals surface area (Å²) in [4.78, 5) is 33.9. The summed E-state index contributed by atoms with van der Waals surface area (Å²) in [5.41, 5.74) is 7.41. The first-order valence-electron chi connectivity index (χ1n) is 7.44. The van der Waals surface area contributed by atoms with Crippen LogP contribution in [0, 0.1) is 13.8 Å². The predicted molar refractivity (Wildman–Crippen MR) is 87.3 cm³/mol. The highest BCUT2D eigenvalue weighted by molar-refractivity contribution is 5.80. The summed E-state index contributed by atoms with van der Waals surface area (Å²) < 4.78 is 5.35. The van der Waals surface area contributed by atoms with Gasteiger partial charge in [0.2, 0.25) is 5.91 Å². The zero-order valence-corrected chi connectivity index (χ0v) is 14.1. The van der Waals surface area contributed by atoms with Crippen LogP contribution in [-0.2, 0) is 19.8 Å². The van der Waals surface area contributed by atoms with E-state index in [9.17, 15) is 14.4 Å². The molecular weight excluding hydrogens is 296 g/mol. The normalized spacial score (nSPS) is 11.0. The van der Waals surface area contributed by atoms with Gasteiger partial charge in [0.1, 0.15) is 12.0 Å². The number of hydrogen-bond donors (Lipinski definition) is 2. The Hall–Kier alpha value is -2.21. The summed E-state index contributed by atoms with van der Waals surface area (Å²) in [6.45, 7) is 7.37. The van der Waals surface area contributed by atoms with Crippen LogP contribution in [0.4, 0.5) is 0 Å². The number of ether oxygens (including phenoxy) is 1. The second-order valence-corrected chi connectivity index (χ2v) is 6.16. The molecule has 126 valence electrons. The summed E-state index contributed by atoms with van der Waals surface area (Å²) in [6.07, 6.45) is 0.800. The number of carbonyl (C=O) groups excluding carboxylic acids is 3. The summed E-state index contributed by atoms with van der Waals surface area (Å²) in [6, 6.07) is 3.74. The van der Waals surface area contributed by atoms with Gasteiger partial charge in [0.05, 0.1) is 13.1 Å². The van der Waals surface area contributed by atoms with Crippen LogP contribution in [0.1, 0.15) is 37.0 Å². The van der Waals surface area contributed by atoms with Gasteiger partial charge in [-0.15, -0.1) is 0 Å². The molecule has 0 heterocycles. The van der Waals surface area contributed by atoms with Crippen molar-refractivity contribution in [3.05, 3.63) is 28.8 Å². The Labute approximate surface area is 136 Å². The van der Waals surface area contributed by atoms with Crippen LogP contribution >= 0.6 is 0 Å². The molecule has 0 saturated heterocycles. The first-order chi connectivity index (χ1) is 10.7. The minimum atomic E-state index is -0.574. The number of nitrogens with two attached hydrogens (primary N) is 1. The Bertz CT molecular complexity index is 609. The maximum Gasteiger partial charge on any atom is 0.325 e. The molecule has 6 heteroatoms. The van der Waals surface area contributed by atoms with Crippen molar-refractivity contribution in [3.8, 4) is 5.75 Å². The Morgan fingerprint density at radius 2 is 1.96 bits per heavy atom. The molecule has 0 bridgehead atoms. The molecule has 0 aliphatic heterocycles. The predicted octanol–water partition coefficient (Wildman–Crippen LogP) is 1.15. The van der Waals surface area contributed by atoms with Crippen molar-refractivity contribution >= 4 is 18.2 Å². The van der Waals surface area contributed by atoms with Crippen LogP contribution in [0.25, 0.3) is 0 Å². The number of amides is 1. The smallest absolute Gasteiger partial charge is 0.325 e. The van der Waals surface area contributed by atoms with E-state index < -0.39 is 11.4 Å². The van der Waals surface area contributed by atoms with Gasteiger partial charge in [-0.1, -0.05) is 19.9 Å². The molecule has 0 aromatic heterocycles. The lowest BCUT2D eigenvalue weighted by Crippen LogP contribution is -2.33. The van der Waals surface area contributed by atoms with E-state index in [1.54, 1.807) is 6.07 Å². The molecule has 1 rings (SSSR count). The Balaban J connectivity index is 3.19. The standard InChI is InChI=1S/C17H24N2O4/c1-11-7-12(2)16(13(8-11)23-15(22)10-18)17(3,4)9-14(21)19-5-6-20/h6-8H,5,9-10,18H2,1-4H3,(H,19,21). The number of esters is 1. The number of hydrogen-bond acceptors (Lipinski definition) is 5. The van der Waals surface area contributed by atoms with Crippen LogP contribution in [0.5, 0.6) is 5.75 Å². The maximum absolute atomic E-state index is 12.0. The SMILES string of the molecule is Cc1cc(C)c(C(C)(C)CC(=O)NCC=O)c(OC(=O)CN)c1. The second kappa shape index (κ2) is 7.87. The third-order valence-electron chi connectivity index (χ3n) is 3.50. The minimum Gasteiger partial charge on any atom is -0.425 e. The third-order valence-corrected chi connectivity index (χ3v) is 3.50. The fourth-order valence-electron chi connectivity index (χ4n) is 2.75. The van der Waals surface area contributed by atoms with E-state index >= 15 is 0 Å². The van der Waals surface area contributed by atoms with E-state index in [0.29, 0.717) is 12.0 Å². The van der Waals surface area contributed by atoms with Crippen molar-refractivity contribution in [2.24, 2.45) is 5.73 Å². The van der Waals surface area contributed by atoms with Gasteiger partial charge in [0.25, 0.3) is 0 Å². The lowest BCUT2D eigenvalue weighted by atomic mass is 9.78. The second-order valence-electron chi connectivity index (χ2n) is 6.16. The molecule has 6 nitrogen and oxygen atoms in total. The molecule has 0 spiro atoms. The zero-order chi connectivity index (χ0) is 17.6. The summed E-state index contributed by atoms with van der Waals surface area (Å²) >= 11 is 0. The Morgan fingerprint density at radius 3 is 2.52 bits per heavy atom. The number of benzene rings is 1. The molecule has 0 fully saturated rings. The maximum atomic E-state index is 12.0. The van der Waals surface area contributed by atoms with Gasteiger partial charge in [0, 0.05) is 17.4 Å². The number of nitrogens with one attached hydrogen (secondary N) is 1. The van der Waals surface area contributed by atoms with Gasteiger partial charge in [-0.3, -0.25) is 9.59 Å². The monoisotopic (exact) mass is 320 g/mol. The van der Waals surface area contributed by atoms with Crippen LogP contribution in [0.2, 0.25) is 0 Å². The third kappa shape index (κ3) is 5.17. The molecule has 3 N–H and O–H groups in total. The Morgan fingerprint density at radius 1 is 1.30 bits per heavy atom. The van der Waals surface area contributed by atoms with Gasteiger partial charge in [0.15, 0.2) is 0 Å². The molecular formula is C17H24N2O4. The zero-order valence-electron chi connectivity index (χ0n) is 14.1. The van der Waals surface area contributed by atoms with Crippen LogP contribution < -0.4 is 15.8 Å². The van der Waals surface area contributed by atoms with Crippen LogP contribution in [0.3, 0.4) is 0 Å². The summed E-state index contributed by atoms with van der Waals surface area (Å²) in [7, 11) is 0. The highest BCUT2D eigenvalue weighted by Gasteiger charge is 2.30. The van der Waals surface area contributed by atoms with Gasteiger partial charge < -0.3 is 20.6 Å². The molecule has 1 amide bonds. The molecule has 0 radical (unpaired) electrons. The largest absolute Gasteiger partial charge is 0.425 e. The van der Waals surface area contributed by atoms with Crippen molar-refractivity contribution in [2.75, 3.05) is 13.1 Å². The van der Waals surface area contributed by atoms with E-state index in [1.165, 1.54) is 0 Å². The fraction of sp³-hybridized carbons (Fsp3) is 0.471. The topological polar surface area (TPSA) is 98.5 Å². The fourth-order valence-corrected chi connectivity index (χ4v) is 2.75. The lowest BCUT2D eigenvalue weighted by molar-refractivity contribution is -0.132. The summed E-state index contributed by atoms with van der Waals surface area (Å²) in [5, 5.41) is 2.53. The average Bonchev–Trinajstić information content (AvgIpc) is 2.43. The molecule has 0 aliphatic rings. The van der Waals surface area contributed by atoms with E-state index in [-0.39, 0.29) is 25.4 Å². The van der Waals surface area contributed by atoms with Gasteiger partial charge in [-0.05, 0) is 31.0 Å². The molecule has 1 aromatic rings. The molecule has 0 aliphatic carbocycles. The van der Waals surface area contributed by atoms with Crippen LogP contribution in [0.15, 0.2) is 12.1 Å². The first kappa shape index (κ1) is 18.8. The highest BCUT2D eigenvalue weighted by atomic mass is 16.5. The number of aldehydes is 1. The first-order valence-corrected chi connectivity index (χ1v) is 7.44. The van der Waals surface area contributed by atoms with Gasteiger partial charge in [-0.2, -0.15) is 0 Å². The van der Waals surface area contributed by atoms with Crippen molar-refractivity contribution in [2.45, 2.75) is 39.5 Å². The highest BCUT2D eigenvalue weighted by Crippen LogP contribution is 2.37. The Kier molecular flexibility index (Phi) is 6.45. The molecule has 0 saturated carbocycles. The lowest BCUT2D eigenvalue weighted by Gasteiger charge is -2.29. The average molecular weight is 320 g/mol. The van der Waals surface area contributed by atoms with Crippen LogP contribution in [-0.4, -0.2) is 31.3 Å². The van der Waals surface area contributed by atoms with Gasteiger partial charge in [-0.25, -0.2) is 0 Å². The molecule has 0 atom stereocenters. The molecule has 23 heavy (non-hydrogen) atoms. The van der Waals surface area contributed by atoms with Crippen molar-refractivity contribution in [1.82, 2.24) is 5.32 Å². The van der Waals surface area contributed by atoms with E-state index in [1.807, 2.05) is 33.8 Å². The number of carbonyl (C=O) groups is 3. The van der Waals surface area contributed by atoms with Crippen molar-refractivity contribution < 1.29 is 19.1 Å². The van der Waals surface area contributed by atoms with E-state index in [4.69, 9.17) is 10.5 Å². The molecule has 0 unspecified atom stereocenters. The molecule has 1 aromatic carbocycles. The van der Waals surface area contributed by atoms with Crippen molar-refractivity contribution in [1.29, 1.82) is 0 Å².